The zero-order valence-electron chi connectivity index (χ0n) is 70.5. The fourth-order valence-electron chi connectivity index (χ4n) is 13.7. The number of aliphatic hydroxyl groups excluding tert-OH is 1. The average molecular weight is 1560 g/mol. The lowest BCUT2D eigenvalue weighted by Gasteiger charge is -2.21. The number of hydrogen-bond acceptors (Lipinski definition) is 15. The fraction of sp³-hybridized carbons (Fsp3) is 0.955. The lowest BCUT2D eigenvalue weighted by Crippen LogP contribution is -2.30. The van der Waals surface area contributed by atoms with Gasteiger partial charge in [0.15, 0.2) is 12.2 Å². The fourth-order valence-corrected chi connectivity index (χ4v) is 15.3. The molecule has 0 radical (unpaired) electrons. The van der Waals surface area contributed by atoms with Crippen LogP contribution >= 0.6 is 15.6 Å². The van der Waals surface area contributed by atoms with E-state index in [-0.39, 0.29) is 25.7 Å². The van der Waals surface area contributed by atoms with E-state index in [0.717, 1.165) is 108 Å². The van der Waals surface area contributed by atoms with E-state index in [1.165, 1.54) is 283 Å². The quantitative estimate of drug-likeness (QED) is 0.0222. The number of phosphoric acid groups is 2. The summed E-state index contributed by atoms with van der Waals surface area (Å²) in [6.45, 7) is 9.72. The molecule has 0 heterocycles. The third kappa shape index (κ3) is 80.5. The molecule has 0 fully saturated rings. The Morgan fingerprint density at radius 1 is 0.271 bits per heavy atom. The molecule has 0 aromatic rings. The molecule has 0 bridgehead atoms. The summed E-state index contributed by atoms with van der Waals surface area (Å²) < 4.78 is 68.8. The molecule has 0 aromatic carbocycles. The number of phosphoric ester groups is 2. The van der Waals surface area contributed by atoms with Gasteiger partial charge in [-0.05, 0) is 37.5 Å². The van der Waals surface area contributed by atoms with Crippen molar-refractivity contribution in [2.75, 3.05) is 39.6 Å². The Kier molecular flexibility index (Phi) is 77.9. The Balaban J connectivity index is 5.17. The highest BCUT2D eigenvalue weighted by Gasteiger charge is 2.31. The number of carbonyl (C=O) groups is 4. The monoisotopic (exact) mass is 1560 g/mol. The zero-order valence-corrected chi connectivity index (χ0v) is 72.2. The van der Waals surface area contributed by atoms with Gasteiger partial charge in [0.05, 0.1) is 26.4 Å². The Hall–Kier alpha value is -1.94. The number of unbranched alkanes of at least 4 members (excludes halogenated alkanes) is 56. The summed E-state index contributed by atoms with van der Waals surface area (Å²) >= 11 is 0. The van der Waals surface area contributed by atoms with Gasteiger partial charge in [-0.3, -0.25) is 37.3 Å². The first kappa shape index (κ1) is 105. The van der Waals surface area contributed by atoms with E-state index in [1.807, 2.05) is 0 Å². The van der Waals surface area contributed by atoms with Crippen LogP contribution in [-0.4, -0.2) is 96.7 Å². The van der Waals surface area contributed by atoms with Gasteiger partial charge in [0.25, 0.3) is 0 Å². The van der Waals surface area contributed by atoms with Crippen LogP contribution in [0.2, 0.25) is 0 Å². The molecule has 6 atom stereocenters. The molecule has 0 saturated carbocycles. The molecular weight excluding hydrogens is 1390 g/mol. The van der Waals surface area contributed by atoms with Gasteiger partial charge in [0.1, 0.15) is 19.3 Å². The van der Waals surface area contributed by atoms with E-state index in [2.05, 4.69) is 41.5 Å². The van der Waals surface area contributed by atoms with E-state index in [0.29, 0.717) is 25.7 Å². The molecule has 0 aliphatic rings. The van der Waals surface area contributed by atoms with E-state index < -0.39 is 97.5 Å². The first-order valence-corrected chi connectivity index (χ1v) is 48.5. The summed E-state index contributed by atoms with van der Waals surface area (Å²) in [5.74, 6) is -0.456. The second-order valence-corrected chi connectivity index (χ2v) is 35.3. The molecule has 107 heavy (non-hydrogen) atoms. The van der Waals surface area contributed by atoms with E-state index in [4.69, 9.17) is 37.0 Å². The van der Waals surface area contributed by atoms with Crippen LogP contribution in [0, 0.1) is 11.8 Å². The number of esters is 4. The molecule has 0 rings (SSSR count). The molecule has 0 spiro atoms. The molecule has 3 unspecified atom stereocenters. The van der Waals surface area contributed by atoms with Crippen molar-refractivity contribution in [3.63, 3.8) is 0 Å². The SMILES string of the molecule is CCCCCCCCCCCCCCCCCCCCCCCCC(=O)OC[C@H](COP(=O)(O)OC[C@@H](O)COP(=O)(O)OC[C@@H](COC(=O)CCCCCCCCCC)OC(=O)CCCCCCCCCCCCCCC(C)C)OC(=O)CCCCCCCCCCCCCCCCCCCCC(C)CC. The topological polar surface area (TPSA) is 237 Å². The molecule has 0 aliphatic heterocycles. The molecule has 19 heteroatoms. The molecule has 3 N–H and O–H groups in total. The zero-order chi connectivity index (χ0) is 78.5. The van der Waals surface area contributed by atoms with Crippen LogP contribution < -0.4 is 0 Å². The summed E-state index contributed by atoms with van der Waals surface area (Å²) in [5.41, 5.74) is 0. The van der Waals surface area contributed by atoms with Crippen molar-refractivity contribution in [2.24, 2.45) is 11.8 Å². The van der Waals surface area contributed by atoms with Gasteiger partial charge in [-0.1, -0.05) is 420 Å². The summed E-state index contributed by atoms with van der Waals surface area (Å²) in [6, 6.07) is 0. The van der Waals surface area contributed by atoms with Crippen LogP contribution in [0.3, 0.4) is 0 Å². The summed E-state index contributed by atoms with van der Waals surface area (Å²) in [6.07, 6.45) is 72.4. The average Bonchev–Trinajstić information content (AvgIpc) is 0.901. The Labute approximate surface area is 658 Å². The highest BCUT2D eigenvalue weighted by Crippen LogP contribution is 2.45. The Morgan fingerprint density at radius 3 is 0.710 bits per heavy atom. The highest BCUT2D eigenvalue weighted by molar-refractivity contribution is 7.47. The van der Waals surface area contributed by atoms with Crippen LogP contribution in [0.15, 0.2) is 0 Å². The number of aliphatic hydroxyl groups is 1. The molecule has 0 aliphatic carbocycles. The number of carbonyl (C=O) groups excluding carboxylic acids is 4. The second kappa shape index (κ2) is 79.3. The van der Waals surface area contributed by atoms with Gasteiger partial charge in [-0.15, -0.1) is 0 Å². The van der Waals surface area contributed by atoms with Crippen molar-refractivity contribution in [3.05, 3.63) is 0 Å². The van der Waals surface area contributed by atoms with Crippen LogP contribution in [0.25, 0.3) is 0 Å². The summed E-state index contributed by atoms with van der Waals surface area (Å²) in [5, 5.41) is 10.7. The van der Waals surface area contributed by atoms with Crippen molar-refractivity contribution in [1.82, 2.24) is 0 Å². The third-order valence-corrected chi connectivity index (χ3v) is 23.0. The smallest absolute Gasteiger partial charge is 0.462 e. The first-order valence-electron chi connectivity index (χ1n) is 45.5. The molecule has 17 nitrogen and oxygen atoms in total. The summed E-state index contributed by atoms with van der Waals surface area (Å²) in [7, 11) is -9.93. The first-order chi connectivity index (χ1) is 51.9. The van der Waals surface area contributed by atoms with Gasteiger partial charge in [0, 0.05) is 25.7 Å². The van der Waals surface area contributed by atoms with Gasteiger partial charge in [-0.25, -0.2) is 9.13 Å². The van der Waals surface area contributed by atoms with Crippen LogP contribution in [0.1, 0.15) is 472 Å². The van der Waals surface area contributed by atoms with Gasteiger partial charge in [-0.2, -0.15) is 0 Å². The minimum Gasteiger partial charge on any atom is -0.462 e. The number of rotatable bonds is 87. The predicted octanol–water partition coefficient (Wildman–Crippen LogP) is 27.0. The predicted molar refractivity (Wildman–Crippen MR) is 442 cm³/mol. The van der Waals surface area contributed by atoms with Gasteiger partial charge < -0.3 is 33.8 Å². The highest BCUT2D eigenvalue weighted by atomic mass is 31.2. The minimum atomic E-state index is -4.97. The van der Waals surface area contributed by atoms with Crippen LogP contribution in [0.5, 0.6) is 0 Å². The number of hydrogen-bond donors (Lipinski definition) is 3. The summed E-state index contributed by atoms with van der Waals surface area (Å²) in [4.78, 5) is 73.1. The Bertz CT molecular complexity index is 2050. The molecule has 0 aromatic heterocycles. The van der Waals surface area contributed by atoms with Crippen molar-refractivity contribution in [3.8, 4) is 0 Å². The van der Waals surface area contributed by atoms with Crippen molar-refractivity contribution < 1.29 is 80.2 Å². The van der Waals surface area contributed by atoms with E-state index in [1.54, 1.807) is 0 Å². The maximum absolute atomic E-state index is 13.2. The van der Waals surface area contributed by atoms with Crippen molar-refractivity contribution in [1.29, 1.82) is 0 Å². The second-order valence-electron chi connectivity index (χ2n) is 32.4. The Morgan fingerprint density at radius 2 is 0.477 bits per heavy atom. The van der Waals surface area contributed by atoms with E-state index >= 15 is 0 Å². The number of ether oxygens (including phenoxy) is 4. The standard InChI is InChI=1S/C88H172O17P2/c1-7-10-12-14-16-18-19-20-21-22-23-24-25-26-30-33-36-42-47-53-59-65-71-86(91)99-77-84(105-87(92)72-66-60-54-48-43-37-34-31-28-27-29-32-35-41-46-51-57-63-69-81(6)9-3)79-103-107(96,97)101-75-82(89)74-100-106(94,95)102-78-83(76-98-85(90)70-64-58-52-17-15-13-11-8-2)104-88(93)73-67-61-55-49-44-39-38-40-45-50-56-62-68-80(4)5/h80-84,89H,7-79H2,1-6H3,(H,94,95)(H,96,97)/t81?,82-,83+,84+/m0/s1. The maximum Gasteiger partial charge on any atom is 0.472 e. The van der Waals surface area contributed by atoms with Gasteiger partial charge in [0.2, 0.25) is 0 Å². The molecule has 0 saturated heterocycles. The van der Waals surface area contributed by atoms with Gasteiger partial charge >= 0.3 is 39.5 Å². The van der Waals surface area contributed by atoms with Crippen LogP contribution in [0.4, 0.5) is 0 Å². The molecule has 0 amide bonds. The van der Waals surface area contributed by atoms with E-state index in [9.17, 15) is 43.2 Å². The lowest BCUT2D eigenvalue weighted by atomic mass is 9.99. The van der Waals surface area contributed by atoms with Crippen LogP contribution in [-0.2, 0) is 65.4 Å². The largest absolute Gasteiger partial charge is 0.472 e. The molecular formula is C88H172O17P2. The minimum absolute atomic E-state index is 0.107. The van der Waals surface area contributed by atoms with Crippen molar-refractivity contribution in [2.45, 2.75) is 490 Å². The third-order valence-electron chi connectivity index (χ3n) is 21.1. The normalized spacial score (nSPS) is 14.0. The lowest BCUT2D eigenvalue weighted by molar-refractivity contribution is -0.161. The maximum atomic E-state index is 13.2. The van der Waals surface area contributed by atoms with Crippen molar-refractivity contribution >= 4 is 39.5 Å². The molecule has 636 valence electrons.